The van der Waals surface area contributed by atoms with Crippen molar-refractivity contribution < 1.29 is 14.4 Å². The van der Waals surface area contributed by atoms with Crippen molar-refractivity contribution in [3.05, 3.63) is 44.2 Å². The third-order valence-corrected chi connectivity index (χ3v) is 5.99. The van der Waals surface area contributed by atoms with E-state index in [-0.39, 0.29) is 10.8 Å². The molecule has 7 nitrogen and oxygen atoms in total. The highest BCUT2D eigenvalue weighted by atomic mass is 35.5. The fourth-order valence-electron chi connectivity index (χ4n) is 2.53. The molecule has 0 bridgehead atoms. The molecule has 2 N–H and O–H groups in total. The lowest BCUT2D eigenvalue weighted by molar-refractivity contribution is -0.133. The molecule has 2 aromatic heterocycles. The van der Waals surface area contributed by atoms with E-state index in [4.69, 9.17) is 23.2 Å². The van der Waals surface area contributed by atoms with Gasteiger partial charge in [0.25, 0.3) is 5.91 Å². The van der Waals surface area contributed by atoms with Gasteiger partial charge in [-0.1, -0.05) is 29.3 Å². The summed E-state index contributed by atoms with van der Waals surface area (Å²) in [5.41, 5.74) is -0.614. The molecule has 3 heterocycles. The third kappa shape index (κ3) is 3.15. The summed E-state index contributed by atoms with van der Waals surface area (Å²) in [5, 5.41) is 7.52. The molecule has 1 saturated heterocycles. The number of hydrogen-bond donors (Lipinski definition) is 2. The lowest BCUT2D eigenvalue weighted by Crippen LogP contribution is -2.41. The normalized spacial score (nSPS) is 19.6. The Morgan fingerprint density at radius 2 is 2.15 bits per heavy atom. The number of halogens is 2. The molecular formula is C16H14Cl2N4O3S. The van der Waals surface area contributed by atoms with Gasteiger partial charge >= 0.3 is 6.03 Å². The van der Waals surface area contributed by atoms with E-state index in [9.17, 15) is 14.4 Å². The van der Waals surface area contributed by atoms with Crippen LogP contribution in [0.1, 0.15) is 17.4 Å². The number of nitrogens with zero attached hydrogens (tertiary/aromatic N) is 2. The van der Waals surface area contributed by atoms with Crippen molar-refractivity contribution in [2.75, 3.05) is 11.9 Å². The number of rotatable bonds is 4. The van der Waals surface area contributed by atoms with Crippen molar-refractivity contribution >= 4 is 58.2 Å². The standard InChI is InChI=1S/C16H14Cl2N4O3S/c1-8-9(17)6-19-13(12(8)18)20-11(23)7-22-14(24)16(2,21-15(22)25)10-4-3-5-26-10/h3-6H,7H2,1-2H3,(H,21,25)(H,19,20,23). The van der Waals surface area contributed by atoms with Crippen LogP contribution in [0.4, 0.5) is 10.6 Å². The van der Waals surface area contributed by atoms with Gasteiger partial charge in [-0.15, -0.1) is 11.3 Å². The van der Waals surface area contributed by atoms with Crippen LogP contribution in [-0.2, 0) is 15.1 Å². The summed E-state index contributed by atoms with van der Waals surface area (Å²) in [4.78, 5) is 42.7. The zero-order chi connectivity index (χ0) is 19.1. The number of carbonyl (C=O) groups excluding carboxylic acids is 3. The fraction of sp³-hybridized carbons (Fsp3) is 0.250. The topological polar surface area (TPSA) is 91.4 Å². The molecule has 1 fully saturated rings. The predicted octanol–water partition coefficient (Wildman–Crippen LogP) is 3.16. The Hall–Kier alpha value is -2.16. The Balaban J connectivity index is 1.75. The number of nitrogens with one attached hydrogen (secondary N) is 2. The summed E-state index contributed by atoms with van der Waals surface area (Å²) < 4.78 is 0. The van der Waals surface area contributed by atoms with Crippen LogP contribution < -0.4 is 10.6 Å². The van der Waals surface area contributed by atoms with E-state index in [0.717, 1.165) is 4.90 Å². The average molecular weight is 413 g/mol. The van der Waals surface area contributed by atoms with E-state index in [0.29, 0.717) is 15.5 Å². The lowest BCUT2D eigenvalue weighted by Gasteiger charge is -2.20. The van der Waals surface area contributed by atoms with Crippen molar-refractivity contribution in [1.29, 1.82) is 0 Å². The molecule has 4 amide bonds. The molecule has 1 atom stereocenters. The highest BCUT2D eigenvalue weighted by Crippen LogP contribution is 2.32. The summed E-state index contributed by atoms with van der Waals surface area (Å²) >= 11 is 13.4. The number of carbonyl (C=O) groups is 3. The monoisotopic (exact) mass is 412 g/mol. The van der Waals surface area contributed by atoms with Crippen LogP contribution >= 0.6 is 34.5 Å². The second kappa shape index (κ2) is 6.86. The number of imide groups is 1. The number of aromatic nitrogens is 1. The van der Waals surface area contributed by atoms with Crippen LogP contribution in [0.25, 0.3) is 0 Å². The van der Waals surface area contributed by atoms with Crippen LogP contribution in [0.5, 0.6) is 0 Å². The molecule has 0 saturated carbocycles. The van der Waals surface area contributed by atoms with Gasteiger partial charge in [0, 0.05) is 11.1 Å². The van der Waals surface area contributed by atoms with Gasteiger partial charge in [0.05, 0.1) is 10.0 Å². The maximum Gasteiger partial charge on any atom is 0.325 e. The maximum absolute atomic E-state index is 12.7. The minimum atomic E-state index is -1.18. The predicted molar refractivity (Wildman–Crippen MR) is 99.5 cm³/mol. The Morgan fingerprint density at radius 3 is 2.81 bits per heavy atom. The second-order valence-corrected chi connectivity index (χ2v) is 7.60. The van der Waals surface area contributed by atoms with Crippen LogP contribution in [0.2, 0.25) is 10.0 Å². The first-order valence-electron chi connectivity index (χ1n) is 7.52. The van der Waals surface area contributed by atoms with Gasteiger partial charge in [0.15, 0.2) is 11.4 Å². The Bertz CT molecular complexity index is 903. The number of urea groups is 1. The molecule has 10 heteroatoms. The zero-order valence-corrected chi connectivity index (χ0v) is 16.1. The molecule has 0 aromatic carbocycles. The summed E-state index contributed by atoms with van der Waals surface area (Å²) in [6, 6.07) is 2.91. The minimum Gasteiger partial charge on any atom is -0.319 e. The molecule has 1 aliphatic rings. The molecule has 2 aromatic rings. The van der Waals surface area contributed by atoms with Crippen molar-refractivity contribution in [3.63, 3.8) is 0 Å². The molecule has 0 radical (unpaired) electrons. The van der Waals surface area contributed by atoms with Gasteiger partial charge in [-0.25, -0.2) is 9.78 Å². The van der Waals surface area contributed by atoms with Crippen LogP contribution in [0, 0.1) is 6.92 Å². The van der Waals surface area contributed by atoms with Gasteiger partial charge in [0.2, 0.25) is 5.91 Å². The van der Waals surface area contributed by atoms with Crippen LogP contribution in [0.15, 0.2) is 23.7 Å². The van der Waals surface area contributed by atoms with Crippen molar-refractivity contribution in [2.24, 2.45) is 0 Å². The summed E-state index contributed by atoms with van der Waals surface area (Å²) in [6.45, 7) is 2.84. The molecular weight excluding hydrogens is 399 g/mol. The summed E-state index contributed by atoms with van der Waals surface area (Å²) in [5.74, 6) is -0.974. The second-order valence-electron chi connectivity index (χ2n) is 5.87. The highest BCUT2D eigenvalue weighted by molar-refractivity contribution is 7.10. The number of thiophene rings is 1. The zero-order valence-electron chi connectivity index (χ0n) is 13.8. The van der Waals surface area contributed by atoms with Gasteiger partial charge in [-0.2, -0.15) is 0 Å². The minimum absolute atomic E-state index is 0.117. The number of hydrogen-bond acceptors (Lipinski definition) is 5. The Kier molecular flexibility index (Phi) is 4.92. The molecule has 1 unspecified atom stereocenters. The highest BCUT2D eigenvalue weighted by Gasteiger charge is 2.50. The molecule has 0 spiro atoms. The number of amides is 4. The molecule has 136 valence electrons. The molecule has 3 rings (SSSR count). The number of anilines is 1. The Labute approximate surface area is 163 Å². The van der Waals surface area contributed by atoms with E-state index in [1.54, 1.807) is 26.0 Å². The van der Waals surface area contributed by atoms with E-state index >= 15 is 0 Å². The Morgan fingerprint density at radius 1 is 1.42 bits per heavy atom. The number of pyridine rings is 1. The quantitative estimate of drug-likeness (QED) is 0.754. The summed E-state index contributed by atoms with van der Waals surface area (Å²) in [7, 11) is 0. The van der Waals surface area contributed by atoms with Crippen molar-refractivity contribution in [1.82, 2.24) is 15.2 Å². The van der Waals surface area contributed by atoms with Gasteiger partial charge < -0.3 is 10.6 Å². The first-order valence-corrected chi connectivity index (χ1v) is 9.16. The lowest BCUT2D eigenvalue weighted by atomic mass is 10.0. The summed E-state index contributed by atoms with van der Waals surface area (Å²) in [6.07, 6.45) is 1.36. The van der Waals surface area contributed by atoms with E-state index in [1.165, 1.54) is 17.5 Å². The smallest absolute Gasteiger partial charge is 0.319 e. The van der Waals surface area contributed by atoms with Gasteiger partial charge in [0.1, 0.15) is 6.54 Å². The largest absolute Gasteiger partial charge is 0.325 e. The van der Waals surface area contributed by atoms with E-state index in [1.807, 2.05) is 5.38 Å². The van der Waals surface area contributed by atoms with Gasteiger partial charge in [-0.3, -0.25) is 14.5 Å². The average Bonchev–Trinajstić information content (AvgIpc) is 3.20. The SMILES string of the molecule is Cc1c(Cl)cnc(NC(=O)CN2C(=O)NC(C)(c3cccs3)C2=O)c1Cl. The van der Waals surface area contributed by atoms with E-state index in [2.05, 4.69) is 15.6 Å². The van der Waals surface area contributed by atoms with E-state index < -0.39 is 29.9 Å². The molecule has 1 aliphatic heterocycles. The van der Waals surface area contributed by atoms with Gasteiger partial charge in [-0.05, 0) is 30.9 Å². The molecule has 0 aliphatic carbocycles. The van der Waals surface area contributed by atoms with Crippen LogP contribution in [0.3, 0.4) is 0 Å². The van der Waals surface area contributed by atoms with Crippen molar-refractivity contribution in [3.8, 4) is 0 Å². The first-order chi connectivity index (χ1) is 12.2. The van der Waals surface area contributed by atoms with Crippen LogP contribution in [-0.4, -0.2) is 34.3 Å². The van der Waals surface area contributed by atoms with Crippen molar-refractivity contribution in [2.45, 2.75) is 19.4 Å². The maximum atomic E-state index is 12.7. The molecule has 26 heavy (non-hydrogen) atoms. The first kappa shape index (κ1) is 18.6. The fourth-order valence-corrected chi connectivity index (χ4v) is 3.75. The third-order valence-electron chi connectivity index (χ3n) is 4.05.